The summed E-state index contributed by atoms with van der Waals surface area (Å²) in [6.07, 6.45) is 6.25. The highest BCUT2D eigenvalue weighted by Crippen LogP contribution is 2.28. The number of hydrogen-bond donors (Lipinski definition) is 1. The minimum Gasteiger partial charge on any atom is -0.476 e. The molecule has 2 aliphatic rings. The zero-order chi connectivity index (χ0) is 20.3. The Bertz CT molecular complexity index is 681. The van der Waals surface area contributed by atoms with Crippen LogP contribution in [0.25, 0.3) is 0 Å². The molecule has 2 fully saturated rings. The van der Waals surface area contributed by atoms with E-state index in [0.29, 0.717) is 37.6 Å². The second kappa shape index (κ2) is 8.84. The molecule has 8 heteroatoms. The number of carbonyl (C=O) groups excluding carboxylic acids is 1. The molecule has 3 rings (SSSR count). The number of carbonyl (C=O) groups is 1. The summed E-state index contributed by atoms with van der Waals surface area (Å²) in [6, 6.07) is 0.430. The molecule has 1 saturated carbocycles. The zero-order valence-corrected chi connectivity index (χ0v) is 18.8. The van der Waals surface area contributed by atoms with Gasteiger partial charge in [0.1, 0.15) is 5.60 Å². The fraction of sp³-hybridized carbons (Fsp3) is 0.750. The van der Waals surface area contributed by atoms with Gasteiger partial charge in [-0.15, -0.1) is 0 Å². The van der Waals surface area contributed by atoms with Crippen molar-refractivity contribution in [2.45, 2.75) is 65.0 Å². The highest BCUT2D eigenvalue weighted by molar-refractivity contribution is 9.10. The number of aromatic nitrogens is 2. The van der Waals surface area contributed by atoms with Crippen LogP contribution < -0.4 is 10.1 Å². The number of nitrogens with zero attached hydrogens (tertiary/aromatic N) is 3. The molecule has 1 aliphatic heterocycles. The average molecular weight is 455 g/mol. The molecule has 0 radical (unpaired) electrons. The molecule has 0 spiro atoms. The second-order valence-corrected chi connectivity index (χ2v) is 9.86. The molecule has 0 unspecified atom stereocenters. The van der Waals surface area contributed by atoms with E-state index >= 15 is 0 Å². The van der Waals surface area contributed by atoms with E-state index < -0.39 is 5.60 Å². The van der Waals surface area contributed by atoms with Crippen molar-refractivity contribution in [3.8, 4) is 5.88 Å². The van der Waals surface area contributed by atoms with Crippen LogP contribution in [0, 0.1) is 11.8 Å². The van der Waals surface area contributed by atoms with E-state index in [9.17, 15) is 4.79 Å². The first-order valence-electron chi connectivity index (χ1n) is 10.1. The summed E-state index contributed by atoms with van der Waals surface area (Å²) in [7, 11) is 0. The zero-order valence-electron chi connectivity index (χ0n) is 17.2. The lowest BCUT2D eigenvalue weighted by Crippen LogP contribution is -2.53. The van der Waals surface area contributed by atoms with Gasteiger partial charge >= 0.3 is 6.09 Å². The molecule has 0 aromatic carbocycles. The molecule has 1 N–H and O–H groups in total. The molecule has 28 heavy (non-hydrogen) atoms. The number of likely N-dealkylation sites (tertiary alicyclic amines) is 1. The van der Waals surface area contributed by atoms with Gasteiger partial charge in [-0.25, -0.2) is 9.78 Å². The van der Waals surface area contributed by atoms with Gasteiger partial charge in [-0.1, -0.05) is 6.92 Å². The molecule has 1 amide bonds. The lowest BCUT2D eigenvalue weighted by atomic mass is 9.87. The van der Waals surface area contributed by atoms with E-state index in [1.165, 1.54) is 12.8 Å². The van der Waals surface area contributed by atoms with Crippen LogP contribution in [-0.2, 0) is 4.74 Å². The lowest BCUT2D eigenvalue weighted by Gasteiger charge is -2.39. The van der Waals surface area contributed by atoms with Crippen molar-refractivity contribution in [1.29, 1.82) is 0 Å². The molecule has 1 saturated heterocycles. The van der Waals surface area contributed by atoms with Crippen molar-refractivity contribution in [3.05, 3.63) is 10.7 Å². The van der Waals surface area contributed by atoms with E-state index in [2.05, 4.69) is 38.1 Å². The summed E-state index contributed by atoms with van der Waals surface area (Å²) in [5.41, 5.74) is -0.468. The van der Waals surface area contributed by atoms with Crippen molar-refractivity contribution in [2.24, 2.45) is 11.8 Å². The fourth-order valence-electron chi connectivity index (χ4n) is 3.46. The lowest BCUT2D eigenvalue weighted by molar-refractivity contribution is -0.00812. The monoisotopic (exact) mass is 454 g/mol. The van der Waals surface area contributed by atoms with Gasteiger partial charge in [-0.3, -0.25) is 0 Å². The molecule has 0 atom stereocenters. The van der Waals surface area contributed by atoms with Crippen LogP contribution in [0.15, 0.2) is 10.7 Å². The second-order valence-electron chi connectivity index (χ2n) is 9.01. The molecular weight excluding hydrogens is 424 g/mol. The molecule has 0 bridgehead atoms. The van der Waals surface area contributed by atoms with Gasteiger partial charge in [-0.05, 0) is 68.3 Å². The summed E-state index contributed by atoms with van der Waals surface area (Å²) in [4.78, 5) is 22.6. The molecule has 156 valence electrons. The normalized spacial score (nSPS) is 23.1. The quantitative estimate of drug-likeness (QED) is 0.706. The molecule has 1 aromatic rings. The highest BCUT2D eigenvalue weighted by atomic mass is 79.9. The van der Waals surface area contributed by atoms with Gasteiger partial charge in [0.05, 0.1) is 17.3 Å². The maximum atomic E-state index is 12.0. The molecule has 1 aliphatic carbocycles. The predicted octanol–water partition coefficient (Wildman–Crippen LogP) is 4.48. The number of amides is 1. The molecule has 1 aromatic heterocycles. The summed E-state index contributed by atoms with van der Waals surface area (Å²) >= 11 is 3.46. The van der Waals surface area contributed by atoms with Crippen LogP contribution >= 0.6 is 15.9 Å². The third-order valence-electron chi connectivity index (χ3n) is 5.13. The molecule has 2 heterocycles. The van der Waals surface area contributed by atoms with E-state index in [1.807, 2.05) is 20.8 Å². The van der Waals surface area contributed by atoms with Gasteiger partial charge in [-0.2, -0.15) is 4.98 Å². The Morgan fingerprint density at radius 3 is 2.61 bits per heavy atom. The summed E-state index contributed by atoms with van der Waals surface area (Å²) in [6.45, 7) is 9.72. The Morgan fingerprint density at radius 1 is 1.29 bits per heavy atom. The maximum absolute atomic E-state index is 12.0. The number of anilines is 1. The third kappa shape index (κ3) is 5.96. The van der Waals surface area contributed by atoms with Gasteiger partial charge < -0.3 is 19.7 Å². The van der Waals surface area contributed by atoms with Crippen LogP contribution in [0.4, 0.5) is 10.7 Å². The summed E-state index contributed by atoms with van der Waals surface area (Å²) in [5.74, 6) is 2.25. The third-order valence-corrected chi connectivity index (χ3v) is 5.67. The Balaban J connectivity index is 1.45. The molecular formula is C20H31BrN4O3. The van der Waals surface area contributed by atoms with Crippen molar-refractivity contribution in [1.82, 2.24) is 14.9 Å². The first-order valence-corrected chi connectivity index (χ1v) is 10.9. The number of rotatable bonds is 5. The van der Waals surface area contributed by atoms with Gasteiger partial charge in [0.15, 0.2) is 0 Å². The van der Waals surface area contributed by atoms with E-state index in [4.69, 9.17) is 9.47 Å². The number of nitrogens with one attached hydrogen (secondary N) is 1. The Hall–Kier alpha value is -1.57. The van der Waals surface area contributed by atoms with Crippen molar-refractivity contribution >= 4 is 28.0 Å². The minimum absolute atomic E-state index is 0.264. The standard InChI is InChI=1S/C20H31BrN4O3/c1-13-5-7-15(8-6-13)23-18-22-9-16(21)17(24-18)27-12-14-10-25(11-14)19(26)28-20(2,3)4/h9,13-15H,5-8,10-12H2,1-4H3,(H,22,23,24). The van der Waals surface area contributed by atoms with E-state index in [-0.39, 0.29) is 12.0 Å². The van der Waals surface area contributed by atoms with Crippen LogP contribution in [0.2, 0.25) is 0 Å². The first-order chi connectivity index (χ1) is 13.2. The van der Waals surface area contributed by atoms with E-state index in [0.717, 1.165) is 23.2 Å². The Kier molecular flexibility index (Phi) is 6.68. The maximum Gasteiger partial charge on any atom is 0.410 e. The Morgan fingerprint density at radius 2 is 1.96 bits per heavy atom. The SMILES string of the molecule is CC1CCC(Nc2ncc(Br)c(OCC3CN(C(=O)OC(C)(C)C)C3)n2)CC1. The van der Waals surface area contributed by atoms with Crippen LogP contribution in [-0.4, -0.2) is 52.3 Å². The van der Waals surface area contributed by atoms with Crippen LogP contribution in [0.5, 0.6) is 5.88 Å². The Labute approximate surface area is 175 Å². The summed E-state index contributed by atoms with van der Waals surface area (Å²) < 4.78 is 12.0. The first kappa shape index (κ1) is 21.1. The fourth-order valence-corrected chi connectivity index (χ4v) is 3.76. The largest absolute Gasteiger partial charge is 0.476 e. The minimum atomic E-state index is -0.468. The number of halogens is 1. The van der Waals surface area contributed by atoms with Gasteiger partial charge in [0.2, 0.25) is 11.8 Å². The van der Waals surface area contributed by atoms with Gasteiger partial charge in [0, 0.05) is 25.0 Å². The summed E-state index contributed by atoms with van der Waals surface area (Å²) in [5, 5.41) is 3.44. The predicted molar refractivity (Wildman–Crippen MR) is 112 cm³/mol. The van der Waals surface area contributed by atoms with Crippen molar-refractivity contribution in [2.75, 3.05) is 25.0 Å². The van der Waals surface area contributed by atoms with Gasteiger partial charge in [0.25, 0.3) is 0 Å². The number of ether oxygens (including phenoxy) is 2. The van der Waals surface area contributed by atoms with Crippen LogP contribution in [0.1, 0.15) is 53.4 Å². The van der Waals surface area contributed by atoms with E-state index in [1.54, 1.807) is 11.1 Å². The highest BCUT2D eigenvalue weighted by Gasteiger charge is 2.34. The van der Waals surface area contributed by atoms with Crippen molar-refractivity contribution in [3.63, 3.8) is 0 Å². The molecule has 7 nitrogen and oxygen atoms in total. The smallest absolute Gasteiger partial charge is 0.410 e. The topological polar surface area (TPSA) is 76.6 Å². The average Bonchev–Trinajstić information content (AvgIpc) is 2.56. The van der Waals surface area contributed by atoms with Crippen LogP contribution in [0.3, 0.4) is 0 Å². The number of hydrogen-bond acceptors (Lipinski definition) is 6. The van der Waals surface area contributed by atoms with Crippen molar-refractivity contribution < 1.29 is 14.3 Å².